The predicted octanol–water partition coefficient (Wildman–Crippen LogP) is 4.15. The number of carbonyl (C=O) groups excluding carboxylic acids is 3. The minimum Gasteiger partial charge on any atom is -0.354 e. The van der Waals surface area contributed by atoms with Crippen molar-refractivity contribution >= 4 is 56.5 Å². The Morgan fingerprint density at radius 3 is 2.22 bits per heavy atom. The molecule has 0 heterocycles. The zero-order chi connectivity index (χ0) is 27.2. The molecule has 2 rings (SSSR count). The molecular formula is C25H31Cl2N3O5S. The molecule has 0 aliphatic carbocycles. The molecule has 0 aliphatic rings. The van der Waals surface area contributed by atoms with E-state index in [0.717, 1.165) is 10.6 Å². The lowest BCUT2D eigenvalue weighted by molar-refractivity contribution is -0.139. The summed E-state index contributed by atoms with van der Waals surface area (Å²) >= 11 is 12.1. The Hall–Kier alpha value is -2.62. The topological polar surface area (TPSA) is 104 Å². The van der Waals surface area contributed by atoms with Crippen LogP contribution in [0.4, 0.5) is 5.69 Å². The molecule has 2 aromatic rings. The van der Waals surface area contributed by atoms with Crippen LogP contribution in [0.2, 0.25) is 10.0 Å². The van der Waals surface area contributed by atoms with E-state index in [0.29, 0.717) is 22.7 Å². The molecule has 0 unspecified atom stereocenters. The van der Waals surface area contributed by atoms with Crippen LogP contribution in [0.1, 0.15) is 43.6 Å². The Morgan fingerprint density at radius 2 is 1.67 bits per heavy atom. The molecule has 0 bridgehead atoms. The van der Waals surface area contributed by atoms with Gasteiger partial charge in [0, 0.05) is 18.7 Å². The molecule has 11 heteroatoms. The highest BCUT2D eigenvalue weighted by atomic mass is 35.5. The SMILES string of the molecule is CC(=O)c1cccc(N(CC(=O)N(Cc2ccc(Cl)c(Cl)c2)[C@@H](C)C(=O)NCC(C)C)S(C)(=O)=O)c1. The molecule has 2 amide bonds. The van der Waals surface area contributed by atoms with Gasteiger partial charge < -0.3 is 10.2 Å². The molecule has 196 valence electrons. The summed E-state index contributed by atoms with van der Waals surface area (Å²) in [7, 11) is -3.91. The number of benzene rings is 2. The van der Waals surface area contributed by atoms with Crippen molar-refractivity contribution in [3.05, 3.63) is 63.6 Å². The maximum atomic E-state index is 13.5. The van der Waals surface area contributed by atoms with Crippen molar-refractivity contribution in [1.82, 2.24) is 10.2 Å². The van der Waals surface area contributed by atoms with Crippen molar-refractivity contribution in [3.63, 3.8) is 0 Å². The average molecular weight is 557 g/mol. The first-order chi connectivity index (χ1) is 16.7. The molecule has 0 aromatic heterocycles. The highest BCUT2D eigenvalue weighted by Crippen LogP contribution is 2.25. The maximum Gasteiger partial charge on any atom is 0.244 e. The molecule has 0 fully saturated rings. The van der Waals surface area contributed by atoms with Gasteiger partial charge in [0.25, 0.3) is 0 Å². The van der Waals surface area contributed by atoms with Crippen molar-refractivity contribution < 1.29 is 22.8 Å². The molecule has 8 nitrogen and oxygen atoms in total. The normalized spacial score (nSPS) is 12.2. The minimum absolute atomic E-state index is 0.00290. The van der Waals surface area contributed by atoms with Crippen molar-refractivity contribution in [3.8, 4) is 0 Å². The highest BCUT2D eigenvalue weighted by Gasteiger charge is 2.30. The number of carbonyl (C=O) groups is 3. The van der Waals surface area contributed by atoms with Crippen molar-refractivity contribution in [1.29, 1.82) is 0 Å². The zero-order valence-corrected chi connectivity index (χ0v) is 23.2. The number of halogens is 2. The summed E-state index contributed by atoms with van der Waals surface area (Å²) in [5, 5.41) is 3.44. The fourth-order valence-electron chi connectivity index (χ4n) is 3.36. The first-order valence-electron chi connectivity index (χ1n) is 11.3. The number of hydrogen-bond acceptors (Lipinski definition) is 5. The summed E-state index contributed by atoms with van der Waals surface area (Å²) in [6, 6.07) is 9.97. The Labute approximate surface area is 222 Å². The van der Waals surface area contributed by atoms with Gasteiger partial charge in [-0.2, -0.15) is 0 Å². The van der Waals surface area contributed by atoms with Crippen LogP contribution in [0.15, 0.2) is 42.5 Å². The van der Waals surface area contributed by atoms with Gasteiger partial charge in [0.05, 0.1) is 22.0 Å². The van der Waals surface area contributed by atoms with Gasteiger partial charge in [-0.3, -0.25) is 18.7 Å². The summed E-state index contributed by atoms with van der Waals surface area (Å²) < 4.78 is 26.2. The van der Waals surface area contributed by atoms with Crippen molar-refractivity contribution in [2.45, 2.75) is 40.3 Å². The second-order valence-corrected chi connectivity index (χ2v) is 11.7. The van der Waals surface area contributed by atoms with Gasteiger partial charge in [-0.05, 0) is 49.6 Å². The van der Waals surface area contributed by atoms with E-state index in [9.17, 15) is 22.8 Å². The summed E-state index contributed by atoms with van der Waals surface area (Å²) in [5.41, 5.74) is 1.10. The van der Waals surface area contributed by atoms with Gasteiger partial charge in [-0.15, -0.1) is 0 Å². The van der Waals surface area contributed by atoms with Gasteiger partial charge in [0.1, 0.15) is 12.6 Å². The molecule has 0 aliphatic heterocycles. The lowest BCUT2D eigenvalue weighted by Crippen LogP contribution is -2.51. The summed E-state index contributed by atoms with van der Waals surface area (Å²) in [4.78, 5) is 39.5. The van der Waals surface area contributed by atoms with Crippen molar-refractivity contribution in [2.75, 3.05) is 23.7 Å². The number of nitrogens with zero attached hydrogens (tertiary/aromatic N) is 2. The standard InChI is InChI=1S/C25H31Cl2N3O5S/c1-16(2)13-28-25(33)17(3)29(14-19-9-10-22(26)23(27)11-19)24(32)15-30(36(5,34)35)21-8-6-7-20(12-21)18(4)31/h6-12,16-17H,13-15H2,1-5H3,(H,28,33)/t17-/m0/s1. The molecule has 0 radical (unpaired) electrons. The predicted molar refractivity (Wildman–Crippen MR) is 143 cm³/mol. The van der Waals surface area contributed by atoms with E-state index in [2.05, 4.69) is 5.32 Å². The average Bonchev–Trinajstić information content (AvgIpc) is 2.80. The minimum atomic E-state index is -3.91. The number of sulfonamides is 1. The van der Waals surface area contributed by atoms with Crippen LogP contribution in [0, 0.1) is 5.92 Å². The number of rotatable bonds is 11. The Balaban J connectivity index is 2.43. The second-order valence-electron chi connectivity index (χ2n) is 8.96. The van der Waals surface area contributed by atoms with Crippen LogP contribution in [0.5, 0.6) is 0 Å². The fraction of sp³-hybridized carbons (Fsp3) is 0.400. The van der Waals surface area contributed by atoms with E-state index in [4.69, 9.17) is 23.2 Å². The number of Topliss-reactive ketones (excluding diaryl/α,β-unsaturated/α-hetero) is 1. The molecule has 0 spiro atoms. The quantitative estimate of drug-likeness (QED) is 0.419. The molecule has 2 aromatic carbocycles. The third-order valence-corrected chi connectivity index (χ3v) is 7.29. The number of hydrogen-bond donors (Lipinski definition) is 1. The van der Waals surface area contributed by atoms with Gasteiger partial charge in [-0.1, -0.05) is 55.2 Å². The van der Waals surface area contributed by atoms with Crippen LogP contribution in [-0.4, -0.2) is 56.3 Å². The summed E-state index contributed by atoms with van der Waals surface area (Å²) in [6.07, 6.45) is 0.975. The first-order valence-corrected chi connectivity index (χ1v) is 13.9. The highest BCUT2D eigenvalue weighted by molar-refractivity contribution is 7.92. The Morgan fingerprint density at radius 1 is 1.00 bits per heavy atom. The maximum absolute atomic E-state index is 13.5. The first kappa shape index (κ1) is 29.6. The van der Waals surface area contributed by atoms with E-state index >= 15 is 0 Å². The van der Waals surface area contributed by atoms with Gasteiger partial charge >= 0.3 is 0 Å². The van der Waals surface area contributed by atoms with E-state index < -0.39 is 28.5 Å². The van der Waals surface area contributed by atoms with Crippen molar-refractivity contribution in [2.24, 2.45) is 5.92 Å². The van der Waals surface area contributed by atoms with Gasteiger partial charge in [-0.25, -0.2) is 8.42 Å². The molecule has 1 atom stereocenters. The van der Waals surface area contributed by atoms with E-state index in [1.807, 2.05) is 13.8 Å². The molecular weight excluding hydrogens is 525 g/mol. The second kappa shape index (κ2) is 12.6. The Kier molecular flexibility index (Phi) is 10.3. The monoisotopic (exact) mass is 555 g/mol. The summed E-state index contributed by atoms with van der Waals surface area (Å²) in [5.74, 6) is -1.02. The zero-order valence-electron chi connectivity index (χ0n) is 20.9. The van der Waals surface area contributed by atoms with Crippen LogP contribution >= 0.6 is 23.2 Å². The number of ketones is 1. The van der Waals surface area contributed by atoms with E-state index in [1.165, 1.54) is 24.0 Å². The fourth-order valence-corrected chi connectivity index (χ4v) is 4.53. The third-order valence-electron chi connectivity index (χ3n) is 5.41. The molecule has 0 saturated carbocycles. The van der Waals surface area contributed by atoms with Crippen LogP contribution < -0.4 is 9.62 Å². The smallest absolute Gasteiger partial charge is 0.244 e. The summed E-state index contributed by atoms with van der Waals surface area (Å²) in [6.45, 7) is 6.69. The van der Waals surface area contributed by atoms with Gasteiger partial charge in [0.2, 0.25) is 21.8 Å². The third kappa shape index (κ3) is 8.21. The Bertz CT molecular complexity index is 1230. The molecule has 0 saturated heterocycles. The lowest BCUT2D eigenvalue weighted by atomic mass is 10.1. The van der Waals surface area contributed by atoms with Crippen LogP contribution in [0.3, 0.4) is 0 Å². The van der Waals surface area contributed by atoms with Crippen LogP contribution in [0.25, 0.3) is 0 Å². The van der Waals surface area contributed by atoms with E-state index in [-0.39, 0.29) is 34.9 Å². The largest absolute Gasteiger partial charge is 0.354 e. The number of anilines is 1. The molecule has 36 heavy (non-hydrogen) atoms. The van der Waals surface area contributed by atoms with E-state index in [1.54, 1.807) is 37.3 Å². The number of amides is 2. The van der Waals surface area contributed by atoms with Crippen LogP contribution in [-0.2, 0) is 26.2 Å². The molecule has 1 N–H and O–H groups in total. The van der Waals surface area contributed by atoms with Gasteiger partial charge in [0.15, 0.2) is 5.78 Å². The number of nitrogens with one attached hydrogen (secondary N) is 1. The lowest BCUT2D eigenvalue weighted by Gasteiger charge is -2.31.